The van der Waals surface area contributed by atoms with E-state index in [2.05, 4.69) is 10.1 Å². The second kappa shape index (κ2) is 9.01. The van der Waals surface area contributed by atoms with Crippen LogP contribution in [0.25, 0.3) is 0 Å². The predicted octanol–water partition coefficient (Wildman–Crippen LogP) is 3.30. The molecule has 0 radical (unpaired) electrons. The van der Waals surface area contributed by atoms with E-state index in [1.807, 2.05) is 0 Å². The number of esters is 2. The van der Waals surface area contributed by atoms with Gasteiger partial charge in [-0.3, -0.25) is 9.59 Å². The minimum absolute atomic E-state index is 0.0556. The molecule has 0 aliphatic rings. The lowest BCUT2D eigenvalue weighted by molar-refractivity contribution is -0.135. The maximum absolute atomic E-state index is 12.2. The third-order valence-electron chi connectivity index (χ3n) is 3.53. The van der Waals surface area contributed by atoms with Gasteiger partial charge in [0.2, 0.25) is 5.91 Å². The molecule has 26 heavy (non-hydrogen) atoms. The predicted molar refractivity (Wildman–Crippen MR) is 96.0 cm³/mol. The van der Waals surface area contributed by atoms with Crippen LogP contribution in [0.3, 0.4) is 0 Å². The van der Waals surface area contributed by atoms with Crippen molar-refractivity contribution in [3.05, 3.63) is 64.7 Å². The van der Waals surface area contributed by atoms with E-state index in [9.17, 15) is 14.4 Å². The molecule has 7 heteroatoms. The standard InChI is InChI=1S/C19H18ClNO5/c1-12(22)21-17(13-3-7-15(20)8-4-13)11-18(23)26-16-9-5-14(6-10-16)19(24)25-2/h3-10,17H,11H2,1-2H3,(H,21,22). The van der Waals surface area contributed by atoms with Gasteiger partial charge >= 0.3 is 11.9 Å². The lowest BCUT2D eigenvalue weighted by atomic mass is 10.0. The Labute approximate surface area is 156 Å². The van der Waals surface area contributed by atoms with Crippen molar-refractivity contribution in [1.82, 2.24) is 5.32 Å². The average Bonchev–Trinajstić information content (AvgIpc) is 2.61. The molecule has 0 aliphatic carbocycles. The Morgan fingerprint density at radius 3 is 2.19 bits per heavy atom. The molecule has 6 nitrogen and oxygen atoms in total. The summed E-state index contributed by atoms with van der Waals surface area (Å²) in [5.41, 5.74) is 1.09. The van der Waals surface area contributed by atoms with Gasteiger partial charge in [0.05, 0.1) is 25.1 Å². The van der Waals surface area contributed by atoms with Crippen molar-refractivity contribution in [2.75, 3.05) is 7.11 Å². The van der Waals surface area contributed by atoms with E-state index >= 15 is 0 Å². The second-order valence-corrected chi connectivity index (χ2v) is 5.94. The number of carbonyl (C=O) groups is 3. The number of hydrogen-bond acceptors (Lipinski definition) is 5. The quantitative estimate of drug-likeness (QED) is 0.618. The molecular weight excluding hydrogens is 358 g/mol. The van der Waals surface area contributed by atoms with Crippen LogP contribution in [-0.4, -0.2) is 25.0 Å². The summed E-state index contributed by atoms with van der Waals surface area (Å²) in [4.78, 5) is 35.1. The van der Waals surface area contributed by atoms with Crippen LogP contribution >= 0.6 is 11.6 Å². The summed E-state index contributed by atoms with van der Waals surface area (Å²) in [6, 6.07) is 12.3. The van der Waals surface area contributed by atoms with E-state index in [0.717, 1.165) is 5.56 Å². The van der Waals surface area contributed by atoms with Crippen LogP contribution in [0.15, 0.2) is 48.5 Å². The third kappa shape index (κ3) is 5.60. The maximum Gasteiger partial charge on any atom is 0.337 e. The number of amides is 1. The Bertz CT molecular complexity index is 787. The van der Waals surface area contributed by atoms with Crippen LogP contribution in [0.1, 0.15) is 35.3 Å². The van der Waals surface area contributed by atoms with E-state index in [-0.39, 0.29) is 12.3 Å². The molecule has 0 spiro atoms. The van der Waals surface area contributed by atoms with Crippen molar-refractivity contribution in [3.8, 4) is 5.75 Å². The molecular formula is C19H18ClNO5. The number of halogens is 1. The molecule has 136 valence electrons. The maximum atomic E-state index is 12.2. The Morgan fingerprint density at radius 1 is 1.04 bits per heavy atom. The molecule has 2 aromatic rings. The zero-order valence-electron chi connectivity index (χ0n) is 14.3. The molecule has 0 fully saturated rings. The van der Waals surface area contributed by atoms with Crippen molar-refractivity contribution in [3.63, 3.8) is 0 Å². The van der Waals surface area contributed by atoms with Crippen LogP contribution in [0.5, 0.6) is 5.75 Å². The van der Waals surface area contributed by atoms with Gasteiger partial charge in [-0.05, 0) is 42.0 Å². The average molecular weight is 376 g/mol. The number of hydrogen-bond donors (Lipinski definition) is 1. The summed E-state index contributed by atoms with van der Waals surface area (Å²) < 4.78 is 9.88. The highest BCUT2D eigenvalue weighted by atomic mass is 35.5. The van der Waals surface area contributed by atoms with Crippen LogP contribution < -0.4 is 10.1 Å². The topological polar surface area (TPSA) is 81.7 Å². The number of benzene rings is 2. The molecule has 0 heterocycles. The first kappa shape index (κ1) is 19.5. The normalized spacial score (nSPS) is 11.3. The van der Waals surface area contributed by atoms with Gasteiger partial charge in [0.25, 0.3) is 0 Å². The monoisotopic (exact) mass is 375 g/mol. The van der Waals surface area contributed by atoms with Gasteiger partial charge in [-0.25, -0.2) is 4.79 Å². The van der Waals surface area contributed by atoms with E-state index in [0.29, 0.717) is 16.3 Å². The van der Waals surface area contributed by atoms with Gasteiger partial charge in [0, 0.05) is 11.9 Å². The highest BCUT2D eigenvalue weighted by Gasteiger charge is 2.19. The molecule has 1 atom stereocenters. The lowest BCUT2D eigenvalue weighted by Gasteiger charge is -2.17. The summed E-state index contributed by atoms with van der Waals surface area (Å²) in [6.07, 6.45) is -0.0556. The van der Waals surface area contributed by atoms with E-state index in [4.69, 9.17) is 16.3 Å². The SMILES string of the molecule is COC(=O)c1ccc(OC(=O)CC(NC(C)=O)c2ccc(Cl)cc2)cc1. The fourth-order valence-corrected chi connectivity index (χ4v) is 2.44. The zero-order chi connectivity index (χ0) is 19.1. The summed E-state index contributed by atoms with van der Waals surface area (Å²) in [6.45, 7) is 1.37. The fourth-order valence-electron chi connectivity index (χ4n) is 2.31. The summed E-state index contributed by atoms with van der Waals surface area (Å²) >= 11 is 5.87. The first-order chi connectivity index (χ1) is 12.4. The largest absolute Gasteiger partial charge is 0.465 e. The number of ether oxygens (including phenoxy) is 2. The summed E-state index contributed by atoms with van der Waals surface area (Å²) in [5, 5.41) is 3.28. The number of methoxy groups -OCH3 is 1. The van der Waals surface area contributed by atoms with Crippen LogP contribution in [0, 0.1) is 0 Å². The number of rotatable bonds is 6. The minimum atomic E-state index is -0.536. The molecule has 0 saturated carbocycles. The van der Waals surface area contributed by atoms with Crippen molar-refractivity contribution in [1.29, 1.82) is 0 Å². The van der Waals surface area contributed by atoms with E-state index in [1.165, 1.54) is 38.3 Å². The van der Waals surface area contributed by atoms with Gasteiger partial charge in [0.1, 0.15) is 5.75 Å². The van der Waals surface area contributed by atoms with Gasteiger partial charge < -0.3 is 14.8 Å². The second-order valence-electron chi connectivity index (χ2n) is 5.50. The van der Waals surface area contributed by atoms with E-state index < -0.39 is 18.0 Å². The van der Waals surface area contributed by atoms with Crippen molar-refractivity contribution >= 4 is 29.4 Å². The highest BCUT2D eigenvalue weighted by Crippen LogP contribution is 2.21. The Hall–Kier alpha value is -2.86. The number of carbonyl (C=O) groups excluding carboxylic acids is 3. The summed E-state index contributed by atoms with van der Waals surface area (Å²) in [5.74, 6) is -0.971. The molecule has 0 aromatic heterocycles. The van der Waals surface area contributed by atoms with Crippen molar-refractivity contribution in [2.45, 2.75) is 19.4 Å². The smallest absolute Gasteiger partial charge is 0.337 e. The Kier molecular flexibility index (Phi) is 6.74. The molecule has 0 saturated heterocycles. The van der Waals surface area contributed by atoms with E-state index in [1.54, 1.807) is 24.3 Å². The van der Waals surface area contributed by atoms with Crippen molar-refractivity contribution < 1.29 is 23.9 Å². The molecule has 1 unspecified atom stereocenters. The van der Waals surface area contributed by atoms with Gasteiger partial charge in [-0.1, -0.05) is 23.7 Å². The van der Waals surface area contributed by atoms with Crippen LogP contribution in [0.4, 0.5) is 0 Å². The fraction of sp³-hybridized carbons (Fsp3) is 0.211. The Balaban J connectivity index is 2.05. The molecule has 1 N–H and O–H groups in total. The molecule has 2 aromatic carbocycles. The first-order valence-electron chi connectivity index (χ1n) is 7.80. The van der Waals surface area contributed by atoms with Gasteiger partial charge in [-0.2, -0.15) is 0 Å². The molecule has 0 aliphatic heterocycles. The number of nitrogens with one attached hydrogen (secondary N) is 1. The van der Waals surface area contributed by atoms with Crippen molar-refractivity contribution in [2.24, 2.45) is 0 Å². The third-order valence-corrected chi connectivity index (χ3v) is 3.78. The first-order valence-corrected chi connectivity index (χ1v) is 8.18. The van der Waals surface area contributed by atoms with Crippen LogP contribution in [-0.2, 0) is 14.3 Å². The highest BCUT2D eigenvalue weighted by molar-refractivity contribution is 6.30. The summed E-state index contributed by atoms with van der Waals surface area (Å²) in [7, 11) is 1.29. The zero-order valence-corrected chi connectivity index (χ0v) is 15.1. The lowest BCUT2D eigenvalue weighted by Crippen LogP contribution is -2.29. The Morgan fingerprint density at radius 2 is 1.65 bits per heavy atom. The molecule has 0 bridgehead atoms. The molecule has 1 amide bonds. The van der Waals surface area contributed by atoms with Gasteiger partial charge in [0.15, 0.2) is 0 Å². The van der Waals surface area contributed by atoms with Gasteiger partial charge in [-0.15, -0.1) is 0 Å². The molecule has 2 rings (SSSR count). The minimum Gasteiger partial charge on any atom is -0.465 e. The van der Waals surface area contributed by atoms with Crippen LogP contribution in [0.2, 0.25) is 5.02 Å².